The van der Waals surface area contributed by atoms with Crippen molar-refractivity contribution in [3.05, 3.63) is 70.8 Å². The highest BCUT2D eigenvalue weighted by Crippen LogP contribution is 2.29. The van der Waals surface area contributed by atoms with Gasteiger partial charge in [-0.25, -0.2) is 0 Å². The molecule has 0 aromatic heterocycles. The topological polar surface area (TPSA) is 3.24 Å². The molecule has 22 heavy (non-hydrogen) atoms. The van der Waals surface area contributed by atoms with Gasteiger partial charge in [0.2, 0.25) is 0 Å². The lowest BCUT2D eigenvalue weighted by Gasteiger charge is -2.17. The average Bonchev–Trinajstić information content (AvgIpc) is 2.46. The van der Waals surface area contributed by atoms with E-state index in [4.69, 9.17) is 0 Å². The molecule has 0 saturated heterocycles. The number of hydrogen-bond acceptors (Lipinski definition) is 1. The first kappa shape index (κ1) is 16.6. The van der Waals surface area contributed by atoms with Gasteiger partial charge in [-0.2, -0.15) is 13.2 Å². The molecule has 0 saturated carbocycles. The molecule has 0 aliphatic heterocycles. The molecule has 0 aliphatic carbocycles. The number of aryl methyl sites for hydroxylation is 1. The molecule has 0 fully saturated rings. The van der Waals surface area contributed by atoms with Crippen LogP contribution in [0.3, 0.4) is 0 Å². The predicted octanol–water partition coefficient (Wildman–Crippen LogP) is 4.69. The van der Waals surface area contributed by atoms with Gasteiger partial charge in [0.05, 0.1) is 5.56 Å². The summed E-state index contributed by atoms with van der Waals surface area (Å²) < 4.78 is 37.5. The molecule has 0 bridgehead atoms. The first-order valence-electron chi connectivity index (χ1n) is 7.25. The van der Waals surface area contributed by atoms with E-state index in [-0.39, 0.29) is 0 Å². The van der Waals surface area contributed by atoms with Crippen LogP contribution in [-0.4, -0.2) is 18.5 Å². The monoisotopic (exact) mass is 307 g/mol. The number of benzene rings is 2. The smallest absolute Gasteiger partial charge is 0.302 e. The van der Waals surface area contributed by atoms with Crippen molar-refractivity contribution in [1.29, 1.82) is 0 Å². The van der Waals surface area contributed by atoms with Gasteiger partial charge in [-0.1, -0.05) is 42.0 Å². The third-order valence-corrected chi connectivity index (χ3v) is 3.64. The average molecular weight is 307 g/mol. The summed E-state index contributed by atoms with van der Waals surface area (Å²) in [6.07, 6.45) is -3.34. The molecular weight excluding hydrogens is 287 g/mol. The number of rotatable bonds is 5. The second-order valence-corrected chi connectivity index (χ2v) is 5.67. The third-order valence-electron chi connectivity index (χ3n) is 3.64. The van der Waals surface area contributed by atoms with Crippen molar-refractivity contribution in [3.8, 4) is 0 Å². The number of likely N-dealkylation sites (N-methyl/N-ethyl adjacent to an activating group) is 1. The Morgan fingerprint density at radius 3 is 1.95 bits per heavy atom. The number of alkyl halides is 3. The van der Waals surface area contributed by atoms with Gasteiger partial charge in [0.15, 0.2) is 0 Å². The maximum absolute atomic E-state index is 12.5. The molecule has 0 amide bonds. The van der Waals surface area contributed by atoms with Gasteiger partial charge in [0, 0.05) is 13.1 Å². The Bertz CT molecular complexity index is 585. The van der Waals surface area contributed by atoms with Crippen LogP contribution in [0, 0.1) is 6.92 Å². The third kappa shape index (κ3) is 4.88. The van der Waals surface area contributed by atoms with Crippen molar-refractivity contribution in [3.63, 3.8) is 0 Å². The highest BCUT2D eigenvalue weighted by molar-refractivity contribution is 5.25. The Morgan fingerprint density at radius 2 is 1.41 bits per heavy atom. The molecule has 2 rings (SSSR count). The van der Waals surface area contributed by atoms with Crippen LogP contribution in [0.2, 0.25) is 0 Å². The van der Waals surface area contributed by atoms with E-state index in [9.17, 15) is 13.2 Å². The van der Waals surface area contributed by atoms with Crippen LogP contribution in [0.5, 0.6) is 0 Å². The van der Waals surface area contributed by atoms with Crippen molar-refractivity contribution >= 4 is 0 Å². The van der Waals surface area contributed by atoms with E-state index in [1.54, 1.807) is 12.1 Å². The van der Waals surface area contributed by atoms with E-state index in [0.29, 0.717) is 6.54 Å². The summed E-state index contributed by atoms with van der Waals surface area (Å²) >= 11 is 0. The maximum atomic E-state index is 12.5. The summed E-state index contributed by atoms with van der Waals surface area (Å²) in [6.45, 7) is 3.56. The molecule has 0 heterocycles. The van der Waals surface area contributed by atoms with Gasteiger partial charge in [0.1, 0.15) is 0 Å². The quantitative estimate of drug-likeness (QED) is 0.774. The van der Waals surface area contributed by atoms with Gasteiger partial charge < -0.3 is 4.90 Å². The Balaban J connectivity index is 1.86. The second-order valence-electron chi connectivity index (χ2n) is 5.67. The van der Waals surface area contributed by atoms with Crippen LogP contribution in [0.15, 0.2) is 48.5 Å². The predicted molar refractivity (Wildman–Crippen MR) is 82.7 cm³/mol. The fraction of sp³-hybridized carbons (Fsp3) is 0.333. The summed E-state index contributed by atoms with van der Waals surface area (Å²) in [6, 6.07) is 13.8. The first-order chi connectivity index (χ1) is 10.3. The molecule has 2 aromatic rings. The number of halogens is 3. The van der Waals surface area contributed by atoms with Crippen molar-refractivity contribution in [2.75, 3.05) is 13.6 Å². The Labute approximate surface area is 129 Å². The molecule has 4 heteroatoms. The summed E-state index contributed by atoms with van der Waals surface area (Å²) in [4.78, 5) is 2.11. The van der Waals surface area contributed by atoms with Crippen LogP contribution >= 0.6 is 0 Å². The van der Waals surface area contributed by atoms with E-state index in [2.05, 4.69) is 36.1 Å². The van der Waals surface area contributed by atoms with E-state index in [0.717, 1.165) is 30.7 Å². The molecule has 2 aromatic carbocycles. The lowest BCUT2D eigenvalue weighted by atomic mass is 10.1. The Kier molecular flexibility index (Phi) is 5.24. The van der Waals surface area contributed by atoms with Crippen LogP contribution in [-0.2, 0) is 19.1 Å². The van der Waals surface area contributed by atoms with Crippen molar-refractivity contribution in [2.24, 2.45) is 0 Å². The maximum Gasteiger partial charge on any atom is 0.416 e. The van der Waals surface area contributed by atoms with Gasteiger partial charge in [-0.15, -0.1) is 0 Å². The lowest BCUT2D eigenvalue weighted by Crippen LogP contribution is -2.20. The van der Waals surface area contributed by atoms with E-state index in [1.165, 1.54) is 11.1 Å². The molecule has 1 nitrogen and oxygen atoms in total. The fourth-order valence-corrected chi connectivity index (χ4v) is 2.26. The molecule has 0 spiro atoms. The summed E-state index contributed by atoms with van der Waals surface area (Å²) in [5.41, 5.74) is 2.80. The zero-order valence-corrected chi connectivity index (χ0v) is 12.8. The zero-order chi connectivity index (χ0) is 16.2. The van der Waals surface area contributed by atoms with E-state index in [1.807, 2.05) is 7.05 Å². The Hall–Kier alpha value is -1.81. The summed E-state index contributed by atoms with van der Waals surface area (Å²) in [5.74, 6) is 0. The van der Waals surface area contributed by atoms with Gasteiger partial charge >= 0.3 is 6.18 Å². The van der Waals surface area contributed by atoms with Crippen molar-refractivity contribution < 1.29 is 13.2 Å². The summed E-state index contributed by atoms with van der Waals surface area (Å²) in [7, 11) is 1.98. The largest absolute Gasteiger partial charge is 0.416 e. The summed E-state index contributed by atoms with van der Waals surface area (Å²) in [5, 5.41) is 0. The molecular formula is C18H20F3N. The molecule has 0 aliphatic rings. The molecule has 0 N–H and O–H groups in total. The number of hydrogen-bond donors (Lipinski definition) is 0. The minimum Gasteiger partial charge on any atom is -0.302 e. The normalized spacial score (nSPS) is 11.9. The van der Waals surface area contributed by atoms with Crippen LogP contribution in [0.25, 0.3) is 0 Å². The van der Waals surface area contributed by atoms with Gasteiger partial charge in [-0.05, 0) is 43.7 Å². The van der Waals surface area contributed by atoms with Crippen LogP contribution in [0.4, 0.5) is 13.2 Å². The highest BCUT2D eigenvalue weighted by Gasteiger charge is 2.29. The fourth-order valence-electron chi connectivity index (χ4n) is 2.26. The SMILES string of the molecule is Cc1ccc(CCN(C)Cc2ccc(C(F)(F)F)cc2)cc1. The van der Waals surface area contributed by atoms with Crippen LogP contribution < -0.4 is 0 Å². The molecule has 118 valence electrons. The van der Waals surface area contributed by atoms with E-state index < -0.39 is 11.7 Å². The van der Waals surface area contributed by atoms with Gasteiger partial charge in [-0.3, -0.25) is 0 Å². The Morgan fingerprint density at radius 1 is 0.864 bits per heavy atom. The number of nitrogens with zero attached hydrogens (tertiary/aromatic N) is 1. The molecule has 0 atom stereocenters. The highest BCUT2D eigenvalue weighted by atomic mass is 19.4. The zero-order valence-electron chi connectivity index (χ0n) is 12.8. The van der Waals surface area contributed by atoms with Crippen molar-refractivity contribution in [2.45, 2.75) is 26.1 Å². The minimum atomic E-state index is -4.27. The van der Waals surface area contributed by atoms with E-state index >= 15 is 0 Å². The minimum absolute atomic E-state index is 0.599. The lowest BCUT2D eigenvalue weighted by molar-refractivity contribution is -0.137. The van der Waals surface area contributed by atoms with Crippen molar-refractivity contribution in [1.82, 2.24) is 4.90 Å². The second kappa shape index (κ2) is 6.97. The standard InChI is InChI=1S/C18H20F3N/c1-14-3-5-15(6-4-14)11-12-22(2)13-16-7-9-17(10-8-16)18(19,20)21/h3-10H,11-13H2,1-2H3. The van der Waals surface area contributed by atoms with Gasteiger partial charge in [0.25, 0.3) is 0 Å². The van der Waals surface area contributed by atoms with Crippen LogP contribution in [0.1, 0.15) is 22.3 Å². The molecule has 0 radical (unpaired) electrons. The molecule has 0 unspecified atom stereocenters. The first-order valence-corrected chi connectivity index (χ1v) is 7.25.